The van der Waals surface area contributed by atoms with Crippen molar-refractivity contribution in [2.24, 2.45) is 5.92 Å². The molecule has 1 rings (SSSR count). The SMILES string of the molecule is COCCCSCCNCC1CCCC1. The molecule has 1 saturated carbocycles. The predicted molar refractivity (Wildman–Crippen MR) is 68.6 cm³/mol. The first-order chi connectivity index (χ1) is 7.43. The summed E-state index contributed by atoms with van der Waals surface area (Å²) in [5.41, 5.74) is 0. The summed E-state index contributed by atoms with van der Waals surface area (Å²) in [4.78, 5) is 0. The molecule has 90 valence electrons. The first-order valence-electron chi connectivity index (χ1n) is 6.21. The molecular weight excluding hydrogens is 206 g/mol. The molecule has 0 aliphatic heterocycles. The Morgan fingerprint density at radius 2 is 2.07 bits per heavy atom. The molecule has 1 aliphatic carbocycles. The highest BCUT2D eigenvalue weighted by Gasteiger charge is 2.13. The second-order valence-electron chi connectivity index (χ2n) is 4.31. The fourth-order valence-corrected chi connectivity index (χ4v) is 2.89. The minimum absolute atomic E-state index is 0.905. The summed E-state index contributed by atoms with van der Waals surface area (Å²) < 4.78 is 5.01. The van der Waals surface area contributed by atoms with E-state index in [2.05, 4.69) is 5.32 Å². The Balaban J connectivity index is 1.73. The van der Waals surface area contributed by atoms with E-state index in [1.807, 2.05) is 11.8 Å². The van der Waals surface area contributed by atoms with Gasteiger partial charge in [0.25, 0.3) is 0 Å². The lowest BCUT2D eigenvalue weighted by atomic mass is 10.1. The van der Waals surface area contributed by atoms with Crippen LogP contribution in [0.15, 0.2) is 0 Å². The molecule has 1 aliphatic rings. The van der Waals surface area contributed by atoms with Crippen LogP contribution in [0.1, 0.15) is 32.1 Å². The fourth-order valence-electron chi connectivity index (χ4n) is 2.07. The predicted octanol–water partition coefficient (Wildman–Crippen LogP) is 2.54. The van der Waals surface area contributed by atoms with Gasteiger partial charge in [0.1, 0.15) is 0 Å². The summed E-state index contributed by atoms with van der Waals surface area (Å²) in [6.45, 7) is 3.33. The summed E-state index contributed by atoms with van der Waals surface area (Å²) in [6, 6.07) is 0. The van der Waals surface area contributed by atoms with Crippen molar-refractivity contribution in [3.05, 3.63) is 0 Å². The van der Waals surface area contributed by atoms with Crippen molar-refractivity contribution in [3.8, 4) is 0 Å². The highest BCUT2D eigenvalue weighted by Crippen LogP contribution is 2.23. The average Bonchev–Trinajstić information content (AvgIpc) is 2.75. The van der Waals surface area contributed by atoms with Gasteiger partial charge in [0.2, 0.25) is 0 Å². The standard InChI is InChI=1S/C12H25NOS/c1-14-8-4-9-15-10-7-13-11-12-5-2-3-6-12/h12-13H,2-11H2,1H3. The summed E-state index contributed by atoms with van der Waals surface area (Å²) >= 11 is 2.03. The van der Waals surface area contributed by atoms with Crippen LogP contribution in [-0.4, -0.2) is 38.3 Å². The van der Waals surface area contributed by atoms with E-state index in [1.54, 1.807) is 7.11 Å². The quantitative estimate of drug-likeness (QED) is 0.616. The van der Waals surface area contributed by atoms with E-state index in [0.717, 1.165) is 12.5 Å². The molecule has 1 fully saturated rings. The van der Waals surface area contributed by atoms with Crippen LogP contribution in [0.4, 0.5) is 0 Å². The van der Waals surface area contributed by atoms with Gasteiger partial charge in [-0.25, -0.2) is 0 Å². The Hall–Kier alpha value is 0.270. The molecule has 0 atom stereocenters. The third-order valence-corrected chi connectivity index (χ3v) is 4.04. The van der Waals surface area contributed by atoms with Crippen molar-refractivity contribution in [2.45, 2.75) is 32.1 Å². The van der Waals surface area contributed by atoms with Gasteiger partial charge in [0, 0.05) is 26.0 Å². The van der Waals surface area contributed by atoms with E-state index in [9.17, 15) is 0 Å². The molecular formula is C12H25NOS. The number of thioether (sulfide) groups is 1. The summed E-state index contributed by atoms with van der Waals surface area (Å²) in [5, 5.41) is 3.57. The second-order valence-corrected chi connectivity index (χ2v) is 5.54. The number of methoxy groups -OCH3 is 1. The maximum atomic E-state index is 5.01. The van der Waals surface area contributed by atoms with Crippen LogP contribution in [-0.2, 0) is 4.74 Å². The lowest BCUT2D eigenvalue weighted by Crippen LogP contribution is -2.23. The van der Waals surface area contributed by atoms with Gasteiger partial charge in [-0.1, -0.05) is 12.8 Å². The molecule has 0 bridgehead atoms. The largest absolute Gasteiger partial charge is 0.385 e. The molecule has 0 aromatic heterocycles. The smallest absolute Gasteiger partial charge is 0.0470 e. The minimum atomic E-state index is 0.905. The van der Waals surface area contributed by atoms with Crippen molar-refractivity contribution < 1.29 is 4.74 Å². The van der Waals surface area contributed by atoms with Crippen LogP contribution in [0.25, 0.3) is 0 Å². The maximum absolute atomic E-state index is 5.01. The third-order valence-electron chi connectivity index (χ3n) is 2.97. The molecule has 0 saturated heterocycles. The summed E-state index contributed by atoms with van der Waals surface area (Å²) in [7, 11) is 1.77. The zero-order valence-corrected chi connectivity index (χ0v) is 10.8. The van der Waals surface area contributed by atoms with E-state index in [1.165, 1.54) is 56.7 Å². The summed E-state index contributed by atoms with van der Waals surface area (Å²) in [6.07, 6.45) is 7.00. The first-order valence-corrected chi connectivity index (χ1v) is 7.36. The van der Waals surface area contributed by atoms with Gasteiger partial charge in [-0.3, -0.25) is 0 Å². The number of hydrogen-bond acceptors (Lipinski definition) is 3. The maximum Gasteiger partial charge on any atom is 0.0470 e. The van der Waals surface area contributed by atoms with Gasteiger partial charge in [-0.15, -0.1) is 0 Å². The lowest BCUT2D eigenvalue weighted by molar-refractivity contribution is 0.200. The van der Waals surface area contributed by atoms with E-state index in [0.29, 0.717) is 0 Å². The number of rotatable bonds is 9. The molecule has 1 N–H and O–H groups in total. The molecule has 0 unspecified atom stereocenters. The van der Waals surface area contributed by atoms with E-state index >= 15 is 0 Å². The van der Waals surface area contributed by atoms with Crippen LogP contribution >= 0.6 is 11.8 Å². The van der Waals surface area contributed by atoms with Crippen LogP contribution in [0.2, 0.25) is 0 Å². The molecule has 0 spiro atoms. The van der Waals surface area contributed by atoms with Gasteiger partial charge >= 0.3 is 0 Å². The molecule has 2 nitrogen and oxygen atoms in total. The molecule has 0 heterocycles. The topological polar surface area (TPSA) is 21.3 Å². The Kier molecular flexibility index (Phi) is 8.44. The zero-order chi connectivity index (χ0) is 10.8. The molecule has 0 aromatic carbocycles. The Morgan fingerprint density at radius 3 is 2.80 bits per heavy atom. The van der Waals surface area contributed by atoms with Crippen LogP contribution in [0.3, 0.4) is 0 Å². The Bertz CT molecular complexity index is 138. The monoisotopic (exact) mass is 231 g/mol. The van der Waals surface area contributed by atoms with E-state index in [4.69, 9.17) is 4.74 Å². The average molecular weight is 231 g/mol. The molecule has 0 aromatic rings. The number of ether oxygens (including phenoxy) is 1. The van der Waals surface area contributed by atoms with Crippen molar-refractivity contribution >= 4 is 11.8 Å². The minimum Gasteiger partial charge on any atom is -0.385 e. The zero-order valence-electron chi connectivity index (χ0n) is 9.96. The van der Waals surface area contributed by atoms with E-state index in [-0.39, 0.29) is 0 Å². The van der Waals surface area contributed by atoms with Crippen molar-refractivity contribution in [2.75, 3.05) is 38.3 Å². The lowest BCUT2D eigenvalue weighted by Gasteiger charge is -2.09. The van der Waals surface area contributed by atoms with Crippen molar-refractivity contribution in [1.82, 2.24) is 5.32 Å². The molecule has 15 heavy (non-hydrogen) atoms. The van der Waals surface area contributed by atoms with Gasteiger partial charge in [-0.05, 0) is 37.5 Å². The molecule has 3 heteroatoms. The second kappa shape index (κ2) is 9.49. The normalized spacial score (nSPS) is 17.4. The van der Waals surface area contributed by atoms with Crippen LogP contribution in [0.5, 0.6) is 0 Å². The van der Waals surface area contributed by atoms with Gasteiger partial charge < -0.3 is 10.1 Å². The van der Waals surface area contributed by atoms with Gasteiger partial charge in [0.15, 0.2) is 0 Å². The van der Waals surface area contributed by atoms with Crippen LogP contribution in [0, 0.1) is 5.92 Å². The highest BCUT2D eigenvalue weighted by molar-refractivity contribution is 7.99. The number of hydrogen-bond donors (Lipinski definition) is 1. The van der Waals surface area contributed by atoms with Gasteiger partial charge in [0.05, 0.1) is 0 Å². The molecule has 0 radical (unpaired) electrons. The van der Waals surface area contributed by atoms with Crippen molar-refractivity contribution in [1.29, 1.82) is 0 Å². The highest BCUT2D eigenvalue weighted by atomic mass is 32.2. The molecule has 0 amide bonds. The van der Waals surface area contributed by atoms with Crippen LogP contribution < -0.4 is 5.32 Å². The fraction of sp³-hybridized carbons (Fsp3) is 1.00. The van der Waals surface area contributed by atoms with Crippen molar-refractivity contribution in [3.63, 3.8) is 0 Å². The third kappa shape index (κ3) is 7.20. The Labute approximate surface area is 98.5 Å². The first kappa shape index (κ1) is 13.3. The van der Waals surface area contributed by atoms with Gasteiger partial charge in [-0.2, -0.15) is 11.8 Å². The van der Waals surface area contributed by atoms with E-state index < -0.39 is 0 Å². The Morgan fingerprint density at radius 1 is 1.27 bits per heavy atom. The number of nitrogens with one attached hydrogen (secondary N) is 1. The summed E-state index contributed by atoms with van der Waals surface area (Å²) in [5.74, 6) is 3.46.